The number of amides is 1. The van der Waals surface area contributed by atoms with Crippen molar-refractivity contribution in [1.82, 2.24) is 5.16 Å². The summed E-state index contributed by atoms with van der Waals surface area (Å²) in [4.78, 5) is 12.7. The van der Waals surface area contributed by atoms with Crippen LogP contribution in [0, 0.1) is 27.7 Å². The van der Waals surface area contributed by atoms with Gasteiger partial charge in [-0.05, 0) is 75.2 Å². The highest BCUT2D eigenvalue weighted by Crippen LogP contribution is 2.29. The number of carbonyl (C=O) groups excluding carboxylic acids is 1. The lowest BCUT2D eigenvalue weighted by Crippen LogP contribution is -2.38. The van der Waals surface area contributed by atoms with Crippen molar-refractivity contribution in [2.45, 2.75) is 32.6 Å². The molecular formula is C21H22ClN3O4S. The van der Waals surface area contributed by atoms with E-state index in [0.29, 0.717) is 16.4 Å². The predicted octanol–water partition coefficient (Wildman–Crippen LogP) is 4.40. The summed E-state index contributed by atoms with van der Waals surface area (Å²) >= 11 is 5.87. The summed E-state index contributed by atoms with van der Waals surface area (Å²) in [5, 5.41) is 6.99. The van der Waals surface area contributed by atoms with Crippen molar-refractivity contribution in [2.75, 3.05) is 16.2 Å². The fourth-order valence-corrected chi connectivity index (χ4v) is 5.05. The summed E-state index contributed by atoms with van der Waals surface area (Å²) < 4.78 is 33.2. The molecule has 30 heavy (non-hydrogen) atoms. The average Bonchev–Trinajstić information content (AvgIpc) is 2.99. The first-order valence-corrected chi connectivity index (χ1v) is 11.0. The van der Waals surface area contributed by atoms with Crippen molar-refractivity contribution in [2.24, 2.45) is 0 Å². The molecule has 1 N–H and O–H groups in total. The monoisotopic (exact) mass is 447 g/mol. The summed E-state index contributed by atoms with van der Waals surface area (Å²) in [5.74, 6) is -0.327. The van der Waals surface area contributed by atoms with Crippen LogP contribution < -0.4 is 9.62 Å². The molecule has 0 aliphatic carbocycles. The maximum absolute atomic E-state index is 13.5. The van der Waals surface area contributed by atoms with Crippen LogP contribution in [0.25, 0.3) is 0 Å². The van der Waals surface area contributed by atoms with Crippen LogP contribution in [0.4, 0.5) is 11.4 Å². The van der Waals surface area contributed by atoms with Gasteiger partial charge in [-0.1, -0.05) is 22.8 Å². The first kappa shape index (κ1) is 21.9. The van der Waals surface area contributed by atoms with Gasteiger partial charge in [0.1, 0.15) is 12.2 Å². The number of nitrogens with zero attached hydrogens (tertiary/aromatic N) is 2. The second-order valence-corrected chi connectivity index (χ2v) is 9.30. The van der Waals surface area contributed by atoms with Crippen molar-refractivity contribution in [1.29, 1.82) is 0 Å². The Hall–Kier alpha value is -2.84. The molecule has 9 heteroatoms. The molecule has 1 aromatic heterocycles. The quantitative estimate of drug-likeness (QED) is 0.604. The molecule has 0 spiro atoms. The molecule has 0 bridgehead atoms. The van der Waals surface area contributed by atoms with Gasteiger partial charge in [0.05, 0.1) is 5.69 Å². The van der Waals surface area contributed by atoms with E-state index in [1.54, 1.807) is 43.3 Å². The molecule has 1 heterocycles. The molecule has 0 aliphatic heterocycles. The van der Waals surface area contributed by atoms with Gasteiger partial charge in [-0.2, -0.15) is 0 Å². The van der Waals surface area contributed by atoms with Crippen LogP contribution in [0.2, 0.25) is 5.02 Å². The molecule has 3 aromatic rings. The standard InChI is InChI=1S/C21H22ClN3O4S/c1-13-9-14(2)11-19(10-13)25(30(27,28)21-15(3)24-29-16(21)4)12-20(26)23-18-7-5-17(22)6-8-18/h5-11H,12H2,1-4H3,(H,23,26). The Kier molecular flexibility index (Phi) is 6.19. The Balaban J connectivity index is 2.01. The maximum atomic E-state index is 13.5. The van der Waals surface area contributed by atoms with Gasteiger partial charge < -0.3 is 9.84 Å². The summed E-state index contributed by atoms with van der Waals surface area (Å²) in [5.41, 5.74) is 2.89. The van der Waals surface area contributed by atoms with Crippen molar-refractivity contribution in [3.8, 4) is 0 Å². The molecule has 158 valence electrons. The molecule has 0 saturated heterocycles. The largest absolute Gasteiger partial charge is 0.360 e. The number of halogens is 1. The van der Waals surface area contributed by atoms with Crippen LogP contribution >= 0.6 is 11.6 Å². The van der Waals surface area contributed by atoms with Crippen molar-refractivity contribution in [3.63, 3.8) is 0 Å². The molecule has 0 unspecified atom stereocenters. The van der Waals surface area contributed by atoms with Crippen LogP contribution in [0.15, 0.2) is 51.9 Å². The Labute approximate surface area is 180 Å². The second-order valence-electron chi connectivity index (χ2n) is 7.07. The molecule has 0 fully saturated rings. The van der Waals surface area contributed by atoms with Crippen LogP contribution in [0.1, 0.15) is 22.6 Å². The lowest BCUT2D eigenvalue weighted by Gasteiger charge is -2.24. The zero-order valence-corrected chi connectivity index (χ0v) is 18.6. The number of hydrogen-bond donors (Lipinski definition) is 1. The van der Waals surface area contributed by atoms with Gasteiger partial charge in [0.2, 0.25) is 5.91 Å². The molecule has 0 radical (unpaired) electrons. The minimum atomic E-state index is -4.10. The van der Waals surface area contributed by atoms with Gasteiger partial charge in [0.25, 0.3) is 10.0 Å². The van der Waals surface area contributed by atoms with E-state index in [-0.39, 0.29) is 16.3 Å². The SMILES string of the molecule is Cc1cc(C)cc(N(CC(=O)Nc2ccc(Cl)cc2)S(=O)(=O)c2c(C)noc2C)c1. The summed E-state index contributed by atoms with van der Waals surface area (Å²) in [6, 6.07) is 11.9. The highest BCUT2D eigenvalue weighted by Gasteiger charge is 2.33. The first-order chi connectivity index (χ1) is 14.1. The van der Waals surface area contributed by atoms with E-state index in [2.05, 4.69) is 10.5 Å². The van der Waals surface area contributed by atoms with Crippen LogP contribution in [-0.2, 0) is 14.8 Å². The third-order valence-corrected chi connectivity index (χ3v) is 6.70. The van der Waals surface area contributed by atoms with Crippen LogP contribution in [0.3, 0.4) is 0 Å². The maximum Gasteiger partial charge on any atom is 0.270 e. The lowest BCUT2D eigenvalue weighted by atomic mass is 10.1. The summed E-state index contributed by atoms with van der Waals surface area (Å²) in [7, 11) is -4.10. The summed E-state index contributed by atoms with van der Waals surface area (Å²) in [6.45, 7) is 6.39. The zero-order valence-electron chi connectivity index (χ0n) is 17.1. The van der Waals surface area contributed by atoms with Crippen molar-refractivity contribution in [3.05, 3.63) is 70.1 Å². The summed E-state index contributed by atoms with van der Waals surface area (Å²) in [6.07, 6.45) is 0. The van der Waals surface area contributed by atoms with Crippen LogP contribution in [-0.4, -0.2) is 26.0 Å². The number of aryl methyl sites for hydroxylation is 4. The molecule has 3 rings (SSSR count). The lowest BCUT2D eigenvalue weighted by molar-refractivity contribution is -0.114. The number of aromatic nitrogens is 1. The average molecular weight is 448 g/mol. The fourth-order valence-electron chi connectivity index (χ4n) is 3.23. The highest BCUT2D eigenvalue weighted by molar-refractivity contribution is 7.93. The number of carbonyl (C=O) groups is 1. The molecule has 0 atom stereocenters. The third kappa shape index (κ3) is 4.66. The smallest absolute Gasteiger partial charge is 0.270 e. The minimum absolute atomic E-state index is 0.0408. The van der Waals surface area contributed by atoms with Gasteiger partial charge in [0, 0.05) is 10.7 Å². The van der Waals surface area contributed by atoms with Crippen molar-refractivity contribution >= 4 is 38.9 Å². The van der Waals surface area contributed by atoms with E-state index in [1.165, 1.54) is 6.92 Å². The molecule has 2 aromatic carbocycles. The Morgan fingerprint density at radius 1 is 1.07 bits per heavy atom. The number of benzene rings is 2. The molecule has 7 nitrogen and oxygen atoms in total. The molecule has 0 aliphatic rings. The zero-order chi connectivity index (χ0) is 22.1. The van der Waals surface area contributed by atoms with Gasteiger partial charge >= 0.3 is 0 Å². The Morgan fingerprint density at radius 3 is 2.20 bits per heavy atom. The highest BCUT2D eigenvalue weighted by atomic mass is 35.5. The van der Waals surface area contributed by atoms with E-state index in [4.69, 9.17) is 16.1 Å². The van der Waals surface area contributed by atoms with Crippen molar-refractivity contribution < 1.29 is 17.7 Å². The first-order valence-electron chi connectivity index (χ1n) is 9.17. The molecule has 0 saturated carbocycles. The van der Waals surface area contributed by atoms with Gasteiger partial charge in [-0.25, -0.2) is 8.42 Å². The number of anilines is 2. The molecule has 1 amide bonds. The van der Waals surface area contributed by atoms with E-state index in [9.17, 15) is 13.2 Å². The third-order valence-electron chi connectivity index (χ3n) is 4.43. The second kappa shape index (κ2) is 8.49. The van der Waals surface area contributed by atoms with Gasteiger partial charge in [0.15, 0.2) is 10.7 Å². The Bertz CT molecular complexity index is 1150. The fraction of sp³-hybridized carbons (Fsp3) is 0.238. The van der Waals surface area contributed by atoms with Gasteiger partial charge in [-0.3, -0.25) is 9.10 Å². The number of nitrogens with one attached hydrogen (secondary N) is 1. The number of sulfonamides is 1. The predicted molar refractivity (Wildman–Crippen MR) is 117 cm³/mol. The van der Waals surface area contributed by atoms with Gasteiger partial charge in [-0.15, -0.1) is 0 Å². The van der Waals surface area contributed by atoms with E-state index in [0.717, 1.165) is 15.4 Å². The number of rotatable bonds is 6. The minimum Gasteiger partial charge on any atom is -0.360 e. The van der Waals surface area contributed by atoms with E-state index < -0.39 is 22.5 Å². The Morgan fingerprint density at radius 2 is 1.67 bits per heavy atom. The van der Waals surface area contributed by atoms with E-state index >= 15 is 0 Å². The van der Waals surface area contributed by atoms with Crippen LogP contribution in [0.5, 0.6) is 0 Å². The normalized spacial score (nSPS) is 11.4. The molecular weight excluding hydrogens is 426 g/mol. The van der Waals surface area contributed by atoms with E-state index in [1.807, 2.05) is 19.9 Å². The topological polar surface area (TPSA) is 92.5 Å². The number of hydrogen-bond acceptors (Lipinski definition) is 5.